The first-order valence-electron chi connectivity index (χ1n) is 5.54. The second-order valence-electron chi connectivity index (χ2n) is 4.12. The molecule has 2 aromatic carbocycles. The summed E-state index contributed by atoms with van der Waals surface area (Å²) in [5, 5.41) is 0.780. The van der Waals surface area contributed by atoms with E-state index in [-0.39, 0.29) is 5.56 Å². The molecule has 3 aromatic rings. The molecule has 0 N–H and O–H groups in total. The summed E-state index contributed by atoms with van der Waals surface area (Å²) in [6, 6.07) is 13.7. The Bertz CT molecular complexity index is 788. The predicted molar refractivity (Wildman–Crippen MR) is 79.9 cm³/mol. The average Bonchev–Trinajstić information content (AvgIpc) is 2.71. The lowest BCUT2D eigenvalue weighted by molar-refractivity contribution is 1.12. The maximum atomic E-state index is 12.4. The van der Waals surface area contributed by atoms with Crippen LogP contribution in [0.2, 0.25) is 0 Å². The molecule has 90 valence electrons. The summed E-state index contributed by atoms with van der Waals surface area (Å²) in [7, 11) is 0. The van der Waals surface area contributed by atoms with Crippen LogP contribution >= 0.6 is 27.5 Å². The first-order chi connectivity index (χ1) is 8.66. The smallest absolute Gasteiger partial charge is 0.267 e. The standard InChI is InChI=1S/C14H10BrNOS/c1-9-6-7-10(15)8-12(9)16-14(17)11-4-2-3-5-13(11)18-16/h2-8H,1H3. The van der Waals surface area contributed by atoms with E-state index in [1.54, 1.807) is 3.96 Å². The molecule has 4 heteroatoms. The Morgan fingerprint density at radius 1 is 1.17 bits per heavy atom. The quantitative estimate of drug-likeness (QED) is 0.661. The summed E-state index contributed by atoms with van der Waals surface area (Å²) in [6.45, 7) is 2.01. The Hall–Kier alpha value is -1.39. The third kappa shape index (κ3) is 1.82. The Morgan fingerprint density at radius 2 is 1.94 bits per heavy atom. The minimum absolute atomic E-state index is 0.0526. The number of hydrogen-bond donors (Lipinski definition) is 0. The third-order valence-corrected chi connectivity index (χ3v) is 4.47. The SMILES string of the molecule is Cc1ccc(Br)cc1-n1sc2ccccc2c1=O. The lowest BCUT2D eigenvalue weighted by Gasteiger charge is -2.05. The second kappa shape index (κ2) is 4.37. The Balaban J connectivity index is 2.35. The molecule has 0 aliphatic rings. The topological polar surface area (TPSA) is 22.0 Å². The van der Waals surface area contributed by atoms with Gasteiger partial charge in [-0.2, -0.15) is 0 Å². The van der Waals surface area contributed by atoms with E-state index in [0.717, 1.165) is 25.8 Å². The highest BCUT2D eigenvalue weighted by atomic mass is 79.9. The Morgan fingerprint density at radius 3 is 2.72 bits per heavy atom. The number of benzene rings is 2. The molecule has 0 atom stereocenters. The van der Waals surface area contributed by atoms with E-state index in [9.17, 15) is 4.79 Å². The summed E-state index contributed by atoms with van der Waals surface area (Å²) in [5.74, 6) is 0. The van der Waals surface area contributed by atoms with Gasteiger partial charge in [0.1, 0.15) is 0 Å². The lowest BCUT2D eigenvalue weighted by Crippen LogP contribution is -2.11. The number of fused-ring (bicyclic) bond motifs is 1. The van der Waals surface area contributed by atoms with Gasteiger partial charge in [-0.25, -0.2) is 3.96 Å². The van der Waals surface area contributed by atoms with E-state index in [0.29, 0.717) is 0 Å². The Labute approximate surface area is 117 Å². The average molecular weight is 320 g/mol. The normalized spacial score (nSPS) is 11.0. The maximum absolute atomic E-state index is 12.4. The molecular weight excluding hydrogens is 310 g/mol. The van der Waals surface area contributed by atoms with Crippen molar-refractivity contribution in [3.63, 3.8) is 0 Å². The highest BCUT2D eigenvalue weighted by molar-refractivity contribution is 9.10. The molecule has 0 unspecified atom stereocenters. The third-order valence-electron chi connectivity index (χ3n) is 2.88. The largest absolute Gasteiger partial charge is 0.273 e. The van der Waals surface area contributed by atoms with E-state index < -0.39 is 0 Å². The van der Waals surface area contributed by atoms with Gasteiger partial charge in [0.05, 0.1) is 15.8 Å². The lowest BCUT2D eigenvalue weighted by atomic mass is 10.2. The molecule has 0 amide bonds. The van der Waals surface area contributed by atoms with Gasteiger partial charge in [0.25, 0.3) is 5.56 Å². The van der Waals surface area contributed by atoms with Crippen LogP contribution in [0.3, 0.4) is 0 Å². The van der Waals surface area contributed by atoms with Crippen molar-refractivity contribution < 1.29 is 0 Å². The number of aryl methyl sites for hydroxylation is 1. The van der Waals surface area contributed by atoms with E-state index in [4.69, 9.17) is 0 Å². The first-order valence-corrected chi connectivity index (χ1v) is 7.11. The van der Waals surface area contributed by atoms with E-state index in [2.05, 4.69) is 15.9 Å². The first kappa shape index (κ1) is 11.7. The number of halogens is 1. The van der Waals surface area contributed by atoms with Gasteiger partial charge in [-0.3, -0.25) is 4.79 Å². The van der Waals surface area contributed by atoms with Gasteiger partial charge in [-0.15, -0.1) is 0 Å². The minimum atomic E-state index is 0.0526. The van der Waals surface area contributed by atoms with Crippen molar-refractivity contribution in [3.8, 4) is 5.69 Å². The molecule has 0 spiro atoms. The zero-order chi connectivity index (χ0) is 12.7. The van der Waals surface area contributed by atoms with Gasteiger partial charge in [0.15, 0.2) is 0 Å². The highest BCUT2D eigenvalue weighted by Gasteiger charge is 2.10. The van der Waals surface area contributed by atoms with Crippen molar-refractivity contribution >= 4 is 37.5 Å². The summed E-state index contributed by atoms with van der Waals surface area (Å²) < 4.78 is 3.75. The van der Waals surface area contributed by atoms with Crippen LogP contribution in [0, 0.1) is 6.92 Å². The van der Waals surface area contributed by atoms with E-state index in [1.165, 1.54) is 11.5 Å². The van der Waals surface area contributed by atoms with Gasteiger partial charge in [0.2, 0.25) is 0 Å². The zero-order valence-electron chi connectivity index (χ0n) is 9.68. The summed E-state index contributed by atoms with van der Waals surface area (Å²) in [5.41, 5.74) is 2.08. The molecule has 0 saturated carbocycles. The van der Waals surface area contributed by atoms with Crippen LogP contribution in [0.5, 0.6) is 0 Å². The van der Waals surface area contributed by atoms with Crippen molar-refractivity contribution in [2.75, 3.05) is 0 Å². The van der Waals surface area contributed by atoms with E-state index >= 15 is 0 Å². The van der Waals surface area contributed by atoms with E-state index in [1.807, 2.05) is 49.4 Å². The number of nitrogens with zero attached hydrogens (tertiary/aromatic N) is 1. The van der Waals surface area contributed by atoms with Crippen LogP contribution in [0.1, 0.15) is 5.56 Å². The molecule has 0 radical (unpaired) electrons. The van der Waals surface area contributed by atoms with Crippen LogP contribution < -0.4 is 5.56 Å². The molecule has 0 fully saturated rings. The monoisotopic (exact) mass is 319 g/mol. The molecule has 2 nitrogen and oxygen atoms in total. The summed E-state index contributed by atoms with van der Waals surface area (Å²) >= 11 is 4.93. The fourth-order valence-corrected chi connectivity index (χ4v) is 3.35. The second-order valence-corrected chi connectivity index (χ2v) is 6.02. The van der Waals surface area contributed by atoms with Crippen LogP contribution in [0.4, 0.5) is 0 Å². The van der Waals surface area contributed by atoms with Crippen molar-refractivity contribution in [1.82, 2.24) is 3.96 Å². The van der Waals surface area contributed by atoms with Crippen molar-refractivity contribution in [1.29, 1.82) is 0 Å². The minimum Gasteiger partial charge on any atom is -0.267 e. The number of rotatable bonds is 1. The van der Waals surface area contributed by atoms with Crippen LogP contribution in [-0.4, -0.2) is 3.96 Å². The van der Waals surface area contributed by atoms with Crippen LogP contribution in [0.25, 0.3) is 15.8 Å². The summed E-state index contributed by atoms with van der Waals surface area (Å²) in [6.07, 6.45) is 0. The number of hydrogen-bond acceptors (Lipinski definition) is 2. The van der Waals surface area contributed by atoms with Crippen LogP contribution in [0.15, 0.2) is 51.7 Å². The fraction of sp³-hybridized carbons (Fsp3) is 0.0714. The van der Waals surface area contributed by atoms with Crippen LogP contribution in [-0.2, 0) is 0 Å². The fourth-order valence-electron chi connectivity index (χ4n) is 1.93. The molecule has 0 aliphatic carbocycles. The summed E-state index contributed by atoms with van der Waals surface area (Å²) in [4.78, 5) is 12.4. The predicted octanol–water partition coefficient (Wildman–Crippen LogP) is 4.12. The molecule has 0 bridgehead atoms. The van der Waals surface area contributed by atoms with Crippen molar-refractivity contribution in [3.05, 3.63) is 62.9 Å². The molecule has 1 aromatic heterocycles. The molecule has 3 rings (SSSR count). The number of aromatic nitrogens is 1. The van der Waals surface area contributed by atoms with Gasteiger partial charge < -0.3 is 0 Å². The van der Waals surface area contributed by atoms with Gasteiger partial charge in [-0.05, 0) is 36.8 Å². The molecule has 0 saturated heterocycles. The molecule has 1 heterocycles. The Kier molecular flexibility index (Phi) is 2.84. The maximum Gasteiger partial charge on any atom is 0.273 e. The highest BCUT2D eigenvalue weighted by Crippen LogP contribution is 2.24. The molecule has 0 aliphatic heterocycles. The van der Waals surface area contributed by atoms with Gasteiger partial charge in [-0.1, -0.05) is 45.7 Å². The van der Waals surface area contributed by atoms with Gasteiger partial charge >= 0.3 is 0 Å². The van der Waals surface area contributed by atoms with Crippen molar-refractivity contribution in [2.45, 2.75) is 6.92 Å². The van der Waals surface area contributed by atoms with Crippen molar-refractivity contribution in [2.24, 2.45) is 0 Å². The molecule has 18 heavy (non-hydrogen) atoms. The van der Waals surface area contributed by atoms with Gasteiger partial charge in [0, 0.05) is 4.47 Å². The zero-order valence-corrected chi connectivity index (χ0v) is 12.1. The molecular formula is C14H10BrNOS.